The van der Waals surface area contributed by atoms with E-state index >= 15 is 0 Å². The van der Waals surface area contributed by atoms with Gasteiger partial charge in [0.2, 0.25) is 0 Å². The minimum atomic E-state index is -1.09. The second-order valence-electron chi connectivity index (χ2n) is 3.48. The Kier molecular flexibility index (Phi) is 2.19. The normalized spacial score (nSPS) is 21.3. The first-order valence-electron chi connectivity index (χ1n) is 4.68. The molecule has 0 aromatic rings. The van der Waals surface area contributed by atoms with Crippen molar-refractivity contribution in [3.8, 4) is 24.3 Å². The second kappa shape index (κ2) is 3.56. The average molecular weight is 233 g/mol. The Morgan fingerprint density at radius 3 is 2.00 bits per heavy atom. The third-order valence-corrected chi connectivity index (χ3v) is 2.70. The van der Waals surface area contributed by atoms with Crippen LogP contribution in [-0.2, 0) is 0 Å². The van der Waals surface area contributed by atoms with Crippen molar-refractivity contribution < 1.29 is 0 Å². The molecule has 2 heterocycles. The van der Waals surface area contributed by atoms with Gasteiger partial charge >= 0.3 is 0 Å². The number of hydrogen-bond donors (Lipinski definition) is 2. The molecule has 0 saturated carbocycles. The van der Waals surface area contributed by atoms with Crippen LogP contribution in [0.25, 0.3) is 0 Å². The molecule has 0 radical (unpaired) electrons. The molecule has 2 N–H and O–H groups in total. The zero-order chi connectivity index (χ0) is 13.4. The van der Waals surface area contributed by atoms with Crippen molar-refractivity contribution >= 4 is 11.7 Å². The summed E-state index contributed by atoms with van der Waals surface area (Å²) in [5, 5.41) is 51.3. The van der Waals surface area contributed by atoms with Gasteiger partial charge in [0.1, 0.15) is 29.5 Å². The van der Waals surface area contributed by atoms with E-state index in [0.29, 0.717) is 0 Å². The van der Waals surface area contributed by atoms with E-state index in [-0.39, 0.29) is 34.1 Å². The highest BCUT2D eigenvalue weighted by atomic mass is 15.3. The van der Waals surface area contributed by atoms with Crippen LogP contribution < -0.4 is 0 Å². The van der Waals surface area contributed by atoms with Crippen LogP contribution in [0, 0.1) is 62.1 Å². The second-order valence-corrected chi connectivity index (χ2v) is 3.48. The van der Waals surface area contributed by atoms with Gasteiger partial charge in [-0.3, -0.25) is 15.7 Å². The number of nitriles is 4. The molecule has 0 fully saturated rings. The van der Waals surface area contributed by atoms with Gasteiger partial charge in [-0.25, -0.2) is 0 Å². The number of amidine groups is 2. The molecule has 0 aromatic carbocycles. The van der Waals surface area contributed by atoms with Gasteiger partial charge in [0, 0.05) is 0 Å². The molecular formula is C11H3N7. The van der Waals surface area contributed by atoms with Crippen LogP contribution in [0.4, 0.5) is 0 Å². The van der Waals surface area contributed by atoms with E-state index in [1.165, 1.54) is 0 Å². The van der Waals surface area contributed by atoms with E-state index in [4.69, 9.17) is 31.9 Å². The first-order valence-corrected chi connectivity index (χ1v) is 4.68. The number of rotatable bonds is 0. The minimum absolute atomic E-state index is 0.0260. The number of fused-ring (bicyclic) bond motifs is 1. The molecule has 2 aliphatic rings. The maximum Gasteiger partial charge on any atom is 0.150 e. The molecule has 0 aromatic heterocycles. The average Bonchev–Trinajstić information content (AvgIpc) is 2.81. The fourth-order valence-electron chi connectivity index (χ4n) is 1.93. The maximum atomic E-state index is 9.02. The van der Waals surface area contributed by atoms with Crippen molar-refractivity contribution in [3.63, 3.8) is 0 Å². The van der Waals surface area contributed by atoms with Gasteiger partial charge in [-0.2, -0.15) is 21.0 Å². The summed E-state index contributed by atoms with van der Waals surface area (Å²) < 4.78 is 0. The van der Waals surface area contributed by atoms with Gasteiger partial charge in [0.25, 0.3) is 0 Å². The standard InChI is InChI=1S/C11H3N7/c12-1-5-7(3-14)10(16)18-9(5)6(2-13)8(4-15)11(18)17/h7,16-17H. The fourth-order valence-corrected chi connectivity index (χ4v) is 1.93. The number of hydrogen-bond acceptors (Lipinski definition) is 6. The van der Waals surface area contributed by atoms with Crippen molar-refractivity contribution in [1.29, 1.82) is 31.9 Å². The third kappa shape index (κ3) is 1.02. The van der Waals surface area contributed by atoms with Crippen LogP contribution in [0.2, 0.25) is 0 Å². The molecule has 0 spiro atoms. The third-order valence-electron chi connectivity index (χ3n) is 2.70. The predicted molar refractivity (Wildman–Crippen MR) is 57.3 cm³/mol. The van der Waals surface area contributed by atoms with Crippen LogP contribution >= 0.6 is 0 Å². The number of nitrogens with one attached hydrogen (secondary N) is 2. The minimum Gasteiger partial charge on any atom is -0.286 e. The molecule has 2 aliphatic heterocycles. The molecule has 82 valence electrons. The first kappa shape index (κ1) is 11.1. The molecule has 7 heteroatoms. The highest BCUT2D eigenvalue weighted by molar-refractivity contribution is 6.19. The Morgan fingerprint density at radius 1 is 0.944 bits per heavy atom. The summed E-state index contributed by atoms with van der Waals surface area (Å²) in [5.41, 5.74) is -0.338. The van der Waals surface area contributed by atoms with Crippen LogP contribution in [0.15, 0.2) is 22.4 Å². The van der Waals surface area contributed by atoms with Crippen molar-refractivity contribution in [2.24, 2.45) is 5.92 Å². The zero-order valence-corrected chi connectivity index (χ0v) is 8.81. The summed E-state index contributed by atoms with van der Waals surface area (Å²) in [7, 11) is 0. The predicted octanol–water partition coefficient (Wildman–Crippen LogP) is 0.531. The van der Waals surface area contributed by atoms with Crippen LogP contribution in [0.3, 0.4) is 0 Å². The topological polar surface area (TPSA) is 146 Å². The zero-order valence-electron chi connectivity index (χ0n) is 8.81. The van der Waals surface area contributed by atoms with Gasteiger partial charge in [0.05, 0.1) is 29.0 Å². The lowest BCUT2D eigenvalue weighted by Crippen LogP contribution is -2.30. The van der Waals surface area contributed by atoms with Crippen molar-refractivity contribution in [2.45, 2.75) is 0 Å². The van der Waals surface area contributed by atoms with Gasteiger partial charge in [-0.1, -0.05) is 0 Å². The molecule has 18 heavy (non-hydrogen) atoms. The molecule has 1 atom stereocenters. The Bertz CT molecular complexity index is 723. The lowest BCUT2D eigenvalue weighted by molar-refractivity contribution is 0.785. The smallest absolute Gasteiger partial charge is 0.150 e. The van der Waals surface area contributed by atoms with Gasteiger partial charge in [0.15, 0.2) is 5.84 Å². The van der Waals surface area contributed by atoms with E-state index in [1.54, 1.807) is 24.3 Å². The van der Waals surface area contributed by atoms with Gasteiger partial charge in [-0.05, 0) is 0 Å². The Labute approximate surface area is 102 Å². The van der Waals surface area contributed by atoms with Crippen molar-refractivity contribution in [1.82, 2.24) is 4.90 Å². The summed E-state index contributed by atoms with van der Waals surface area (Å²) in [4.78, 5) is 1.00. The molecule has 1 unspecified atom stereocenters. The van der Waals surface area contributed by atoms with Crippen LogP contribution in [-0.4, -0.2) is 16.6 Å². The highest BCUT2D eigenvalue weighted by Crippen LogP contribution is 2.40. The lowest BCUT2D eigenvalue weighted by atomic mass is 9.99. The fraction of sp³-hybridized carbons (Fsp3) is 0.0909. The highest BCUT2D eigenvalue weighted by Gasteiger charge is 2.47. The number of allylic oxidation sites excluding steroid dienone is 1. The van der Waals surface area contributed by atoms with Gasteiger partial charge < -0.3 is 0 Å². The van der Waals surface area contributed by atoms with E-state index in [2.05, 4.69) is 0 Å². The lowest BCUT2D eigenvalue weighted by Gasteiger charge is -2.14. The maximum absolute atomic E-state index is 9.02. The van der Waals surface area contributed by atoms with Gasteiger partial charge in [-0.15, -0.1) is 0 Å². The molecule has 0 aliphatic carbocycles. The van der Waals surface area contributed by atoms with E-state index in [9.17, 15) is 0 Å². The summed E-state index contributed by atoms with van der Waals surface area (Å²) in [5.74, 6) is -1.69. The van der Waals surface area contributed by atoms with E-state index < -0.39 is 5.92 Å². The Morgan fingerprint density at radius 2 is 1.56 bits per heavy atom. The quantitative estimate of drug-likeness (QED) is 0.626. The SMILES string of the molecule is N#CC1=C(C#N)C2=C(C#N)C(C#N)C(=N)N2C1=N. The Balaban J connectivity index is 2.83. The summed E-state index contributed by atoms with van der Waals surface area (Å²) in [6.45, 7) is 0. The summed E-state index contributed by atoms with van der Waals surface area (Å²) in [6, 6.07) is 7.03. The van der Waals surface area contributed by atoms with Crippen LogP contribution in [0.1, 0.15) is 0 Å². The van der Waals surface area contributed by atoms with E-state index in [0.717, 1.165) is 4.90 Å². The van der Waals surface area contributed by atoms with Crippen molar-refractivity contribution in [3.05, 3.63) is 22.4 Å². The first-order chi connectivity index (χ1) is 8.62. The molecule has 2 rings (SSSR count). The molecular weight excluding hydrogens is 230 g/mol. The van der Waals surface area contributed by atoms with Crippen LogP contribution in [0.5, 0.6) is 0 Å². The Hall–Kier alpha value is -3.42. The largest absolute Gasteiger partial charge is 0.286 e. The van der Waals surface area contributed by atoms with E-state index in [1.807, 2.05) is 0 Å². The summed E-state index contributed by atoms with van der Waals surface area (Å²) in [6.07, 6.45) is 0. The molecule has 7 nitrogen and oxygen atoms in total. The van der Waals surface area contributed by atoms with Crippen molar-refractivity contribution in [2.75, 3.05) is 0 Å². The molecule has 0 amide bonds. The number of nitrogens with zero attached hydrogens (tertiary/aromatic N) is 5. The molecule has 0 saturated heterocycles. The monoisotopic (exact) mass is 233 g/mol. The summed E-state index contributed by atoms with van der Waals surface area (Å²) >= 11 is 0. The molecule has 0 bridgehead atoms.